The van der Waals surface area contributed by atoms with Crippen LogP contribution in [0.15, 0.2) is 23.8 Å². The van der Waals surface area contributed by atoms with Gasteiger partial charge in [-0.2, -0.15) is 0 Å². The van der Waals surface area contributed by atoms with Crippen LogP contribution in [0.2, 0.25) is 0 Å². The van der Waals surface area contributed by atoms with Crippen molar-refractivity contribution in [3.8, 4) is 0 Å². The molecule has 1 rings (SSSR count). The molecular weight excluding hydrogens is 119 g/mol. The van der Waals surface area contributed by atoms with Crippen LogP contribution in [0.1, 0.15) is 20.3 Å². The molecule has 0 aromatic heterocycles. The van der Waals surface area contributed by atoms with E-state index in [9.17, 15) is 0 Å². The van der Waals surface area contributed by atoms with Crippen molar-refractivity contribution in [2.24, 2.45) is 5.92 Å². The molecule has 0 bridgehead atoms. The van der Waals surface area contributed by atoms with Gasteiger partial charge in [-0.3, -0.25) is 0 Å². The van der Waals surface area contributed by atoms with E-state index < -0.39 is 0 Å². The average molecular weight is 132 g/mol. The fraction of sp³-hybridized carbons (Fsp3) is 0.500. The summed E-state index contributed by atoms with van der Waals surface area (Å²) < 4.78 is 0. The second-order valence-corrected chi connectivity index (χ2v) is 2.53. The Morgan fingerprint density at radius 1 is 1.44 bits per heavy atom. The van der Waals surface area contributed by atoms with E-state index in [1.54, 1.807) is 5.57 Å². The molecule has 0 aliphatic heterocycles. The summed E-state index contributed by atoms with van der Waals surface area (Å²) in [7, 11) is 0. The zero-order chi connectivity index (χ0) is 5.98. The Labute approximate surface area is 79.3 Å². The molecule has 0 heterocycles. The average Bonchev–Trinajstić information content (AvgIpc) is 2.12. The van der Waals surface area contributed by atoms with Crippen LogP contribution in [0.3, 0.4) is 0 Å². The van der Waals surface area contributed by atoms with Gasteiger partial charge < -0.3 is 0 Å². The predicted molar refractivity (Wildman–Crippen MR) is 43.8 cm³/mol. The Kier molecular flexibility index (Phi) is 4.55. The minimum atomic E-state index is 0. The summed E-state index contributed by atoms with van der Waals surface area (Å²) in [5.74, 6) is 0.741. The first-order valence-electron chi connectivity index (χ1n) is 3.16. The van der Waals surface area contributed by atoms with Gasteiger partial charge in [0, 0.05) is 0 Å². The van der Waals surface area contributed by atoms with E-state index in [1.807, 2.05) is 0 Å². The van der Waals surface area contributed by atoms with Gasteiger partial charge in [0.2, 0.25) is 0 Å². The van der Waals surface area contributed by atoms with Crippen molar-refractivity contribution in [1.82, 2.24) is 0 Å². The molecule has 0 aromatic carbocycles. The Morgan fingerprint density at radius 2 is 2.11 bits per heavy atom. The molecule has 0 fully saturated rings. The van der Waals surface area contributed by atoms with Crippen molar-refractivity contribution in [1.29, 1.82) is 0 Å². The summed E-state index contributed by atoms with van der Waals surface area (Å²) in [6.45, 7) is 4.47. The molecule has 0 unspecified atom stereocenters. The molecule has 0 amide bonds. The molecule has 0 saturated carbocycles. The fourth-order valence-electron chi connectivity index (χ4n) is 0.892. The van der Waals surface area contributed by atoms with E-state index in [1.165, 1.54) is 6.42 Å². The van der Waals surface area contributed by atoms with Gasteiger partial charge in [0.1, 0.15) is 0 Å². The van der Waals surface area contributed by atoms with Gasteiger partial charge in [0.15, 0.2) is 0 Å². The van der Waals surface area contributed by atoms with Crippen molar-refractivity contribution in [3.63, 3.8) is 0 Å². The molecule has 0 radical (unpaired) electrons. The first-order valence-corrected chi connectivity index (χ1v) is 3.16. The summed E-state index contributed by atoms with van der Waals surface area (Å²) in [6, 6.07) is 0. The molecule has 0 atom stereocenters. The van der Waals surface area contributed by atoms with Crippen molar-refractivity contribution in [2.45, 2.75) is 20.3 Å². The third kappa shape index (κ3) is 2.70. The first-order chi connectivity index (χ1) is 3.80. The van der Waals surface area contributed by atoms with Crippen LogP contribution in [0, 0.1) is 5.92 Å². The molecule has 0 saturated heterocycles. The van der Waals surface area contributed by atoms with Crippen LogP contribution in [-0.4, -0.2) is 29.6 Å². The number of hydrogen-bond acceptors (Lipinski definition) is 0. The second-order valence-electron chi connectivity index (χ2n) is 2.53. The van der Waals surface area contributed by atoms with Gasteiger partial charge in [-0.05, 0) is 12.3 Å². The molecule has 0 spiro atoms. The normalized spacial score (nSPS) is 15.7. The maximum absolute atomic E-state index is 2.23. The van der Waals surface area contributed by atoms with E-state index in [0.29, 0.717) is 0 Å². The standard InChI is InChI=1S/C8H12.Na.H/c1-7(2)8-5-3-4-6-8;;/h3-5,7H,6H2,1-2H3;;. The van der Waals surface area contributed by atoms with Crippen LogP contribution >= 0.6 is 0 Å². The Hall–Kier alpha value is 0.480. The zero-order valence-electron chi connectivity index (χ0n) is 5.52. The van der Waals surface area contributed by atoms with Crippen molar-refractivity contribution in [3.05, 3.63) is 23.8 Å². The molecule has 9 heavy (non-hydrogen) atoms. The molecule has 0 nitrogen and oxygen atoms in total. The van der Waals surface area contributed by atoms with Gasteiger partial charge in [0.25, 0.3) is 0 Å². The van der Waals surface area contributed by atoms with Crippen LogP contribution in [0.4, 0.5) is 0 Å². The molecular formula is C8H13Na. The fourth-order valence-corrected chi connectivity index (χ4v) is 0.892. The third-order valence-corrected chi connectivity index (χ3v) is 1.54. The summed E-state index contributed by atoms with van der Waals surface area (Å²) >= 11 is 0. The Balaban J connectivity index is 0.000000640. The number of hydrogen-bond donors (Lipinski definition) is 0. The summed E-state index contributed by atoms with van der Waals surface area (Å²) in [4.78, 5) is 0. The maximum atomic E-state index is 2.23. The monoisotopic (exact) mass is 132 g/mol. The van der Waals surface area contributed by atoms with E-state index in [2.05, 4.69) is 32.1 Å². The number of allylic oxidation sites excluding steroid dienone is 4. The van der Waals surface area contributed by atoms with Crippen LogP contribution < -0.4 is 0 Å². The summed E-state index contributed by atoms with van der Waals surface area (Å²) in [6.07, 6.45) is 7.73. The Bertz CT molecular complexity index is 132. The van der Waals surface area contributed by atoms with Crippen molar-refractivity contribution >= 4 is 29.6 Å². The van der Waals surface area contributed by atoms with Gasteiger partial charge in [-0.25, -0.2) is 0 Å². The third-order valence-electron chi connectivity index (χ3n) is 1.54. The van der Waals surface area contributed by atoms with Gasteiger partial charge in [-0.15, -0.1) is 0 Å². The molecule has 1 aliphatic rings. The van der Waals surface area contributed by atoms with Gasteiger partial charge in [0.05, 0.1) is 0 Å². The topological polar surface area (TPSA) is 0 Å². The molecule has 1 heteroatoms. The molecule has 46 valence electrons. The van der Waals surface area contributed by atoms with Crippen LogP contribution in [0.25, 0.3) is 0 Å². The van der Waals surface area contributed by atoms with Gasteiger partial charge in [-0.1, -0.05) is 37.6 Å². The van der Waals surface area contributed by atoms with Crippen molar-refractivity contribution in [2.75, 3.05) is 0 Å². The van der Waals surface area contributed by atoms with Crippen LogP contribution in [-0.2, 0) is 0 Å². The van der Waals surface area contributed by atoms with E-state index in [-0.39, 0.29) is 29.6 Å². The van der Waals surface area contributed by atoms with E-state index >= 15 is 0 Å². The summed E-state index contributed by atoms with van der Waals surface area (Å²) in [5, 5.41) is 0. The number of rotatable bonds is 1. The first kappa shape index (κ1) is 9.48. The summed E-state index contributed by atoms with van der Waals surface area (Å²) in [5.41, 5.74) is 1.56. The molecule has 0 N–H and O–H groups in total. The van der Waals surface area contributed by atoms with Crippen molar-refractivity contribution < 1.29 is 0 Å². The van der Waals surface area contributed by atoms with E-state index in [4.69, 9.17) is 0 Å². The molecule has 0 aromatic rings. The second kappa shape index (κ2) is 4.32. The van der Waals surface area contributed by atoms with Gasteiger partial charge >= 0.3 is 29.6 Å². The molecule has 1 aliphatic carbocycles. The zero-order valence-corrected chi connectivity index (χ0v) is 5.52. The minimum absolute atomic E-state index is 0. The SMILES string of the molecule is CC(C)C1=CC=CC1.[NaH]. The Morgan fingerprint density at radius 3 is 2.33 bits per heavy atom. The quantitative estimate of drug-likeness (QED) is 0.478. The predicted octanol–water partition coefficient (Wildman–Crippen LogP) is 1.88. The van der Waals surface area contributed by atoms with Crippen LogP contribution in [0.5, 0.6) is 0 Å². The van der Waals surface area contributed by atoms with E-state index in [0.717, 1.165) is 5.92 Å².